The number of benzene rings is 1. The molecule has 2 atom stereocenters. The zero-order valence-electron chi connectivity index (χ0n) is 25.4. The van der Waals surface area contributed by atoms with E-state index in [1.807, 2.05) is 26.0 Å². The Morgan fingerprint density at radius 3 is 2.57 bits per heavy atom. The third-order valence-electron chi connectivity index (χ3n) is 8.17. The van der Waals surface area contributed by atoms with Gasteiger partial charge in [-0.3, -0.25) is 44.0 Å². The Hall–Kier alpha value is -3.94. The monoisotopic (exact) mass is 610 g/mol. The third-order valence-corrected chi connectivity index (χ3v) is 8.17. The van der Waals surface area contributed by atoms with Gasteiger partial charge >= 0.3 is 0 Å². The number of fused-ring (bicyclic) bond motifs is 1. The zero-order chi connectivity index (χ0) is 31.7. The van der Waals surface area contributed by atoms with Gasteiger partial charge in [0.05, 0.1) is 29.8 Å². The van der Waals surface area contributed by atoms with Gasteiger partial charge in [0.25, 0.3) is 11.8 Å². The van der Waals surface area contributed by atoms with E-state index < -0.39 is 35.2 Å². The number of carbonyl (C=O) groups excluding carboxylic acids is 6. The van der Waals surface area contributed by atoms with Crippen molar-refractivity contribution in [2.24, 2.45) is 0 Å². The summed E-state index contributed by atoms with van der Waals surface area (Å²) in [6.45, 7) is 8.76. The molecule has 3 aliphatic rings. The SMILES string of the molecule is CC/C=C\[C@@](C)(C=O)N1CCN(CC(=O)NCCCOCCNc2cccc3c2C(=O)N(C2CCC(=O)NC2=O)C3=O)CC1. The maximum Gasteiger partial charge on any atom is 0.264 e. The van der Waals surface area contributed by atoms with Crippen molar-refractivity contribution in [3.63, 3.8) is 0 Å². The smallest absolute Gasteiger partial charge is 0.264 e. The van der Waals surface area contributed by atoms with Gasteiger partial charge in [-0.25, -0.2) is 0 Å². The fourth-order valence-electron chi connectivity index (χ4n) is 5.65. The number of carbonyl (C=O) groups is 6. The van der Waals surface area contributed by atoms with Crippen LogP contribution in [0.1, 0.15) is 60.2 Å². The standard InChI is InChI=1S/C31H42N6O7/c1-3-4-11-31(2,21-38)36-16-14-35(15-17-36)20-26(40)33-12-6-18-44-19-13-32-23-8-5-7-22-27(23)30(43)37(29(22)42)24-9-10-25(39)34-28(24)41/h4-5,7-8,11,21,24,32H,3,6,9-10,12-20H2,1-2H3,(H,33,40)(H,34,39,41)/b11-4-/t24?,31-/m0/s1. The predicted octanol–water partition coefficient (Wildman–Crippen LogP) is 0.564. The highest BCUT2D eigenvalue weighted by Gasteiger charge is 2.45. The number of anilines is 1. The normalized spacial score (nSPS) is 20.9. The highest BCUT2D eigenvalue weighted by Crippen LogP contribution is 2.32. The summed E-state index contributed by atoms with van der Waals surface area (Å²) in [5.41, 5.74) is 0.279. The van der Waals surface area contributed by atoms with Crippen molar-refractivity contribution in [1.29, 1.82) is 0 Å². The summed E-state index contributed by atoms with van der Waals surface area (Å²) in [5.74, 6) is -2.23. The summed E-state index contributed by atoms with van der Waals surface area (Å²) in [6.07, 6.45) is 6.62. The maximum absolute atomic E-state index is 13.2. The summed E-state index contributed by atoms with van der Waals surface area (Å²) >= 11 is 0. The van der Waals surface area contributed by atoms with Gasteiger partial charge in [0.2, 0.25) is 17.7 Å². The van der Waals surface area contributed by atoms with Crippen LogP contribution < -0.4 is 16.0 Å². The number of piperidine rings is 1. The highest BCUT2D eigenvalue weighted by atomic mass is 16.5. The molecule has 0 radical (unpaired) electrons. The van der Waals surface area contributed by atoms with Crippen molar-refractivity contribution < 1.29 is 33.5 Å². The molecule has 4 rings (SSSR count). The molecule has 0 saturated carbocycles. The molecule has 0 aliphatic carbocycles. The number of nitrogens with one attached hydrogen (secondary N) is 3. The summed E-state index contributed by atoms with van der Waals surface area (Å²) in [5, 5.41) is 8.25. The Bertz CT molecular complexity index is 1290. The van der Waals surface area contributed by atoms with E-state index in [2.05, 4.69) is 25.8 Å². The first-order valence-electron chi connectivity index (χ1n) is 15.2. The lowest BCUT2D eigenvalue weighted by Gasteiger charge is -2.41. The molecule has 1 aromatic rings. The van der Waals surface area contributed by atoms with Gasteiger partial charge in [-0.05, 0) is 38.3 Å². The lowest BCUT2D eigenvalue weighted by atomic mass is 9.99. The summed E-state index contributed by atoms with van der Waals surface area (Å²) in [7, 11) is 0. The van der Waals surface area contributed by atoms with E-state index >= 15 is 0 Å². The summed E-state index contributed by atoms with van der Waals surface area (Å²) < 4.78 is 5.67. The molecule has 3 aliphatic heterocycles. The number of amides is 5. The van der Waals surface area contributed by atoms with Gasteiger partial charge in [-0.2, -0.15) is 0 Å². The van der Waals surface area contributed by atoms with Crippen LogP contribution in [0.4, 0.5) is 5.69 Å². The fraction of sp³-hybridized carbons (Fsp3) is 0.548. The van der Waals surface area contributed by atoms with E-state index in [1.165, 1.54) is 0 Å². The molecular formula is C31H42N6O7. The molecule has 0 bridgehead atoms. The molecular weight excluding hydrogens is 568 g/mol. The number of ether oxygens (including phenoxy) is 1. The molecule has 0 spiro atoms. The maximum atomic E-state index is 13.2. The van der Waals surface area contributed by atoms with Crippen molar-refractivity contribution in [1.82, 2.24) is 25.3 Å². The number of nitrogens with zero attached hydrogens (tertiary/aromatic N) is 3. The first kappa shape index (κ1) is 33.0. The Morgan fingerprint density at radius 2 is 1.86 bits per heavy atom. The van der Waals surface area contributed by atoms with Crippen LogP contribution in [-0.2, 0) is 23.9 Å². The van der Waals surface area contributed by atoms with Crippen LogP contribution in [0.5, 0.6) is 0 Å². The van der Waals surface area contributed by atoms with Crippen molar-refractivity contribution in [2.45, 2.75) is 51.1 Å². The second-order valence-corrected chi connectivity index (χ2v) is 11.3. The van der Waals surface area contributed by atoms with Crippen LogP contribution in [0, 0.1) is 0 Å². The van der Waals surface area contributed by atoms with Crippen LogP contribution in [0.15, 0.2) is 30.4 Å². The van der Waals surface area contributed by atoms with Gasteiger partial charge in [-0.15, -0.1) is 0 Å². The average Bonchev–Trinajstić information content (AvgIpc) is 3.27. The van der Waals surface area contributed by atoms with Crippen LogP contribution in [-0.4, -0.2) is 121 Å². The van der Waals surface area contributed by atoms with Gasteiger partial charge < -0.3 is 20.2 Å². The van der Waals surface area contributed by atoms with Gasteiger partial charge in [0.1, 0.15) is 12.3 Å². The average molecular weight is 611 g/mol. The van der Waals surface area contributed by atoms with Gasteiger partial charge in [-0.1, -0.05) is 25.1 Å². The molecule has 44 heavy (non-hydrogen) atoms. The van der Waals surface area contributed by atoms with Crippen molar-refractivity contribution in [3.8, 4) is 0 Å². The Balaban J connectivity index is 1.11. The van der Waals surface area contributed by atoms with E-state index in [0.29, 0.717) is 71.1 Å². The molecule has 13 heteroatoms. The Labute approximate surface area is 257 Å². The Kier molecular flexibility index (Phi) is 11.4. The van der Waals surface area contributed by atoms with E-state index in [0.717, 1.165) is 17.6 Å². The zero-order valence-corrected chi connectivity index (χ0v) is 25.4. The molecule has 2 fully saturated rings. The molecule has 5 amide bonds. The molecule has 1 aromatic carbocycles. The minimum atomic E-state index is -1.01. The van der Waals surface area contributed by atoms with E-state index in [4.69, 9.17) is 4.74 Å². The van der Waals surface area contributed by atoms with Crippen LogP contribution >= 0.6 is 0 Å². The number of hydrogen-bond acceptors (Lipinski definition) is 10. The molecule has 1 unspecified atom stereocenters. The molecule has 3 heterocycles. The minimum absolute atomic E-state index is 0.0485. The van der Waals surface area contributed by atoms with Gasteiger partial charge in [0, 0.05) is 58.0 Å². The third kappa shape index (κ3) is 7.76. The van der Waals surface area contributed by atoms with Gasteiger partial charge in [0.15, 0.2) is 0 Å². The lowest BCUT2D eigenvalue weighted by molar-refractivity contribution is -0.136. The first-order chi connectivity index (χ1) is 21.2. The Morgan fingerprint density at radius 1 is 1.09 bits per heavy atom. The van der Waals surface area contributed by atoms with Crippen LogP contribution in [0.2, 0.25) is 0 Å². The number of rotatable bonds is 15. The molecule has 2 saturated heterocycles. The minimum Gasteiger partial charge on any atom is -0.382 e. The van der Waals surface area contributed by atoms with E-state index in [1.54, 1.807) is 18.2 Å². The first-order valence-corrected chi connectivity index (χ1v) is 15.2. The van der Waals surface area contributed by atoms with Crippen molar-refractivity contribution >= 4 is 41.5 Å². The fourth-order valence-corrected chi connectivity index (χ4v) is 5.65. The number of allylic oxidation sites excluding steroid dienone is 1. The number of piperazine rings is 1. The predicted molar refractivity (Wildman–Crippen MR) is 162 cm³/mol. The van der Waals surface area contributed by atoms with E-state index in [9.17, 15) is 28.8 Å². The summed E-state index contributed by atoms with van der Waals surface area (Å²) in [6, 6.07) is 3.89. The molecule has 3 N–H and O–H groups in total. The summed E-state index contributed by atoms with van der Waals surface area (Å²) in [4.78, 5) is 79.2. The van der Waals surface area contributed by atoms with Crippen molar-refractivity contribution in [3.05, 3.63) is 41.5 Å². The molecule has 13 nitrogen and oxygen atoms in total. The number of hydrogen-bond donors (Lipinski definition) is 3. The topological polar surface area (TPSA) is 157 Å². The lowest BCUT2D eigenvalue weighted by Crippen LogP contribution is -2.57. The van der Waals surface area contributed by atoms with Crippen LogP contribution in [0.3, 0.4) is 0 Å². The van der Waals surface area contributed by atoms with Crippen LogP contribution in [0.25, 0.3) is 0 Å². The quantitative estimate of drug-likeness (QED) is 0.111. The molecule has 238 valence electrons. The van der Waals surface area contributed by atoms with E-state index in [-0.39, 0.29) is 29.9 Å². The molecule has 0 aromatic heterocycles. The number of imide groups is 2. The number of aldehydes is 1. The largest absolute Gasteiger partial charge is 0.382 e. The second kappa shape index (κ2) is 15.2. The highest BCUT2D eigenvalue weighted by molar-refractivity contribution is 6.25. The van der Waals surface area contributed by atoms with Crippen molar-refractivity contribution in [2.75, 3.05) is 64.3 Å². The second-order valence-electron chi connectivity index (χ2n) is 11.3.